The van der Waals surface area contributed by atoms with E-state index in [1.807, 2.05) is 23.6 Å². The van der Waals surface area contributed by atoms with Crippen molar-refractivity contribution in [1.29, 1.82) is 0 Å². The van der Waals surface area contributed by atoms with E-state index in [9.17, 15) is 5.11 Å². The van der Waals surface area contributed by atoms with Crippen LogP contribution in [0.25, 0.3) is 10.2 Å². The Morgan fingerprint density at radius 3 is 2.75 bits per heavy atom. The lowest BCUT2D eigenvalue weighted by molar-refractivity contribution is 0.276. The van der Waals surface area contributed by atoms with Crippen molar-refractivity contribution in [3.8, 4) is 0 Å². The van der Waals surface area contributed by atoms with Crippen LogP contribution >= 0.6 is 22.9 Å². The summed E-state index contributed by atoms with van der Waals surface area (Å²) in [5, 5.41) is 16.5. The largest absolute Gasteiger partial charge is 0.394 e. The summed E-state index contributed by atoms with van der Waals surface area (Å²) in [7, 11) is 0. The number of anilines is 1. The Labute approximate surface area is 125 Å². The second-order valence-electron chi connectivity index (χ2n) is 4.29. The molecule has 0 spiro atoms. The van der Waals surface area contributed by atoms with Gasteiger partial charge in [0.15, 0.2) is 0 Å². The van der Waals surface area contributed by atoms with Crippen LogP contribution in [-0.2, 0) is 0 Å². The number of aliphatic hydroxyl groups is 1. The Morgan fingerprint density at radius 2 is 2.00 bits per heavy atom. The van der Waals surface area contributed by atoms with E-state index in [2.05, 4.69) is 15.3 Å². The first kappa shape index (κ1) is 13.3. The monoisotopic (exact) mass is 305 g/mol. The summed E-state index contributed by atoms with van der Waals surface area (Å²) in [6.07, 6.45) is 1.53. The lowest BCUT2D eigenvalue weighted by Gasteiger charge is -2.17. The zero-order valence-electron chi connectivity index (χ0n) is 10.5. The second kappa shape index (κ2) is 5.75. The summed E-state index contributed by atoms with van der Waals surface area (Å²) in [6.45, 7) is -0.0305. The molecule has 2 aromatic heterocycles. The maximum atomic E-state index is 9.60. The van der Waals surface area contributed by atoms with Crippen LogP contribution < -0.4 is 5.32 Å². The van der Waals surface area contributed by atoms with E-state index in [1.165, 1.54) is 6.33 Å². The molecule has 102 valence electrons. The van der Waals surface area contributed by atoms with Gasteiger partial charge in [0.2, 0.25) is 0 Å². The molecule has 0 aliphatic heterocycles. The van der Waals surface area contributed by atoms with Gasteiger partial charge in [-0.3, -0.25) is 0 Å². The molecule has 1 atom stereocenters. The quantitative estimate of drug-likeness (QED) is 0.774. The molecule has 3 rings (SSSR count). The molecule has 0 amide bonds. The molecule has 0 bridgehead atoms. The van der Waals surface area contributed by atoms with Crippen LogP contribution in [0.3, 0.4) is 0 Å². The van der Waals surface area contributed by atoms with Gasteiger partial charge in [-0.2, -0.15) is 0 Å². The van der Waals surface area contributed by atoms with E-state index in [4.69, 9.17) is 11.6 Å². The average molecular weight is 306 g/mol. The molecule has 3 aromatic rings. The zero-order chi connectivity index (χ0) is 13.9. The Kier molecular flexibility index (Phi) is 3.82. The molecule has 0 aliphatic rings. The van der Waals surface area contributed by atoms with Gasteiger partial charge < -0.3 is 10.4 Å². The van der Waals surface area contributed by atoms with Crippen molar-refractivity contribution in [3.05, 3.63) is 52.6 Å². The summed E-state index contributed by atoms with van der Waals surface area (Å²) in [4.78, 5) is 9.39. The highest BCUT2D eigenvalue weighted by atomic mass is 35.5. The molecule has 2 N–H and O–H groups in total. The third-order valence-corrected chi connectivity index (χ3v) is 4.10. The molecule has 0 saturated heterocycles. The van der Waals surface area contributed by atoms with Crippen molar-refractivity contribution in [1.82, 2.24) is 9.97 Å². The molecular formula is C14H12ClN3OS. The fourth-order valence-electron chi connectivity index (χ4n) is 2.00. The number of thiophene rings is 1. The van der Waals surface area contributed by atoms with Gasteiger partial charge in [0.1, 0.15) is 17.0 Å². The highest BCUT2D eigenvalue weighted by Gasteiger charge is 2.13. The van der Waals surface area contributed by atoms with Crippen LogP contribution in [0.1, 0.15) is 11.6 Å². The Bertz CT molecular complexity index is 714. The Hall–Kier alpha value is -1.69. The minimum Gasteiger partial charge on any atom is -0.394 e. The van der Waals surface area contributed by atoms with E-state index >= 15 is 0 Å². The van der Waals surface area contributed by atoms with Gasteiger partial charge in [-0.05, 0) is 29.1 Å². The van der Waals surface area contributed by atoms with E-state index in [1.54, 1.807) is 23.5 Å². The van der Waals surface area contributed by atoms with Gasteiger partial charge in [-0.1, -0.05) is 23.7 Å². The van der Waals surface area contributed by atoms with E-state index in [0.717, 1.165) is 21.6 Å². The van der Waals surface area contributed by atoms with Crippen LogP contribution in [0.5, 0.6) is 0 Å². The summed E-state index contributed by atoms with van der Waals surface area (Å²) in [6, 6.07) is 9.14. The summed E-state index contributed by atoms with van der Waals surface area (Å²) in [5.41, 5.74) is 0.957. The molecule has 20 heavy (non-hydrogen) atoms. The standard InChI is InChI=1S/C14H12ClN3OS/c15-10-3-1-9(2-4-10)12(7-19)18-13-11-5-6-20-14(11)17-8-16-13/h1-6,8,12,19H,7H2,(H,16,17,18)/t12-/m1/s1. The first-order valence-electron chi connectivity index (χ1n) is 6.09. The third kappa shape index (κ3) is 2.60. The molecule has 0 radical (unpaired) electrons. The van der Waals surface area contributed by atoms with E-state index in [0.29, 0.717) is 5.02 Å². The van der Waals surface area contributed by atoms with E-state index in [-0.39, 0.29) is 12.6 Å². The highest BCUT2D eigenvalue weighted by molar-refractivity contribution is 7.16. The van der Waals surface area contributed by atoms with Crippen LogP contribution in [0.15, 0.2) is 42.0 Å². The Balaban J connectivity index is 1.91. The highest BCUT2D eigenvalue weighted by Crippen LogP contribution is 2.27. The fraction of sp³-hybridized carbons (Fsp3) is 0.143. The zero-order valence-corrected chi connectivity index (χ0v) is 12.0. The van der Waals surface area contributed by atoms with Crippen LogP contribution in [-0.4, -0.2) is 21.7 Å². The lowest BCUT2D eigenvalue weighted by Crippen LogP contribution is -2.15. The van der Waals surface area contributed by atoms with Gasteiger partial charge in [0.05, 0.1) is 18.0 Å². The second-order valence-corrected chi connectivity index (χ2v) is 5.62. The summed E-state index contributed by atoms with van der Waals surface area (Å²) in [5.74, 6) is 0.727. The number of benzene rings is 1. The van der Waals surface area contributed by atoms with Gasteiger partial charge in [0, 0.05) is 5.02 Å². The van der Waals surface area contributed by atoms with Gasteiger partial charge in [0.25, 0.3) is 0 Å². The number of nitrogens with zero attached hydrogens (tertiary/aromatic N) is 2. The minimum absolute atomic E-state index is 0.0305. The van der Waals surface area contributed by atoms with Crippen molar-refractivity contribution >= 4 is 39.0 Å². The third-order valence-electron chi connectivity index (χ3n) is 3.03. The van der Waals surface area contributed by atoms with Gasteiger partial charge >= 0.3 is 0 Å². The van der Waals surface area contributed by atoms with Gasteiger partial charge in [-0.15, -0.1) is 11.3 Å². The van der Waals surface area contributed by atoms with Crippen LogP contribution in [0.2, 0.25) is 5.02 Å². The topological polar surface area (TPSA) is 58.0 Å². The molecule has 0 fully saturated rings. The fourth-order valence-corrected chi connectivity index (χ4v) is 2.86. The van der Waals surface area contributed by atoms with Crippen LogP contribution in [0.4, 0.5) is 5.82 Å². The Morgan fingerprint density at radius 1 is 1.20 bits per heavy atom. The summed E-state index contributed by atoms with van der Waals surface area (Å²) >= 11 is 7.44. The van der Waals surface area contributed by atoms with Crippen LogP contribution in [0, 0.1) is 0 Å². The number of nitrogens with one attached hydrogen (secondary N) is 1. The van der Waals surface area contributed by atoms with Crippen molar-refractivity contribution < 1.29 is 5.11 Å². The number of hydrogen-bond acceptors (Lipinski definition) is 5. The maximum Gasteiger partial charge on any atom is 0.138 e. The first-order valence-corrected chi connectivity index (χ1v) is 7.35. The lowest BCUT2D eigenvalue weighted by atomic mass is 10.1. The van der Waals surface area contributed by atoms with E-state index < -0.39 is 0 Å². The van der Waals surface area contributed by atoms with Crippen molar-refractivity contribution in [2.75, 3.05) is 11.9 Å². The smallest absolute Gasteiger partial charge is 0.138 e. The molecule has 1 aromatic carbocycles. The number of hydrogen-bond donors (Lipinski definition) is 2. The molecule has 4 nitrogen and oxygen atoms in total. The number of fused-ring (bicyclic) bond motifs is 1. The number of aromatic nitrogens is 2. The minimum atomic E-state index is -0.231. The molecule has 6 heteroatoms. The average Bonchev–Trinajstić information content (AvgIpc) is 2.95. The molecule has 2 heterocycles. The van der Waals surface area contributed by atoms with Crippen molar-refractivity contribution in [3.63, 3.8) is 0 Å². The number of rotatable bonds is 4. The maximum absolute atomic E-state index is 9.60. The first-order chi connectivity index (χ1) is 9.78. The predicted molar refractivity (Wildman–Crippen MR) is 82.3 cm³/mol. The number of aliphatic hydroxyl groups excluding tert-OH is 1. The molecule has 0 saturated carbocycles. The van der Waals surface area contributed by atoms with Crippen molar-refractivity contribution in [2.24, 2.45) is 0 Å². The molecule has 0 unspecified atom stereocenters. The molecule has 0 aliphatic carbocycles. The predicted octanol–water partition coefficient (Wildman–Crippen LogP) is 3.49. The molecular weight excluding hydrogens is 294 g/mol. The number of halogens is 1. The summed E-state index contributed by atoms with van der Waals surface area (Å²) < 4.78 is 0. The SMILES string of the molecule is OC[C@@H](Nc1ncnc2sccc12)c1ccc(Cl)cc1. The van der Waals surface area contributed by atoms with Gasteiger partial charge in [-0.25, -0.2) is 9.97 Å². The van der Waals surface area contributed by atoms with Crippen molar-refractivity contribution in [2.45, 2.75) is 6.04 Å². The normalized spacial score (nSPS) is 12.5.